The van der Waals surface area contributed by atoms with Crippen LogP contribution in [0.5, 0.6) is 0 Å². The van der Waals surface area contributed by atoms with Gasteiger partial charge in [-0.2, -0.15) is 5.26 Å². The Morgan fingerprint density at radius 3 is 2.82 bits per heavy atom. The van der Waals surface area contributed by atoms with E-state index < -0.39 is 0 Å². The van der Waals surface area contributed by atoms with Crippen molar-refractivity contribution in [1.82, 2.24) is 0 Å². The predicted octanol–water partition coefficient (Wildman–Crippen LogP) is 1.75. The number of nitriles is 1. The zero-order valence-corrected chi connectivity index (χ0v) is 7.13. The number of ether oxygens (including phenoxy) is 1. The van der Waals surface area contributed by atoms with Gasteiger partial charge in [0.15, 0.2) is 5.90 Å². The summed E-state index contributed by atoms with van der Waals surface area (Å²) in [6, 6.07) is 1.94. The van der Waals surface area contributed by atoms with Gasteiger partial charge < -0.3 is 4.74 Å². The maximum Gasteiger partial charge on any atom is 0.183 e. The molecule has 0 radical (unpaired) electrons. The van der Waals surface area contributed by atoms with Crippen LogP contribution in [0.4, 0.5) is 0 Å². The lowest BCUT2D eigenvalue weighted by Gasteiger charge is -2.01. The van der Waals surface area contributed by atoms with Crippen molar-refractivity contribution in [3.63, 3.8) is 0 Å². The van der Waals surface area contributed by atoms with Crippen molar-refractivity contribution < 1.29 is 4.74 Å². The summed E-state index contributed by atoms with van der Waals surface area (Å²) < 4.78 is 4.95. The first kappa shape index (κ1) is 9.96. The Balaban J connectivity index is 3.66. The van der Waals surface area contributed by atoms with E-state index in [-0.39, 0.29) is 6.54 Å². The molecule has 3 heteroatoms. The SMILES string of the molecule is CCCCC(=NCC#N)OC. The van der Waals surface area contributed by atoms with Crippen LogP contribution in [0, 0.1) is 11.3 Å². The fourth-order valence-corrected chi connectivity index (χ4v) is 0.697. The van der Waals surface area contributed by atoms with Gasteiger partial charge in [-0.3, -0.25) is 0 Å². The van der Waals surface area contributed by atoms with Gasteiger partial charge in [0, 0.05) is 6.42 Å². The van der Waals surface area contributed by atoms with Crippen molar-refractivity contribution in [1.29, 1.82) is 5.26 Å². The van der Waals surface area contributed by atoms with Gasteiger partial charge in [-0.1, -0.05) is 13.3 Å². The maximum absolute atomic E-state index is 8.22. The van der Waals surface area contributed by atoms with E-state index in [9.17, 15) is 0 Å². The molecule has 3 nitrogen and oxygen atoms in total. The minimum atomic E-state index is 0.201. The Morgan fingerprint density at radius 2 is 2.36 bits per heavy atom. The maximum atomic E-state index is 8.22. The van der Waals surface area contributed by atoms with Gasteiger partial charge in [-0.25, -0.2) is 4.99 Å². The van der Waals surface area contributed by atoms with Gasteiger partial charge in [0.2, 0.25) is 0 Å². The molecule has 0 rings (SSSR count). The van der Waals surface area contributed by atoms with E-state index >= 15 is 0 Å². The Morgan fingerprint density at radius 1 is 1.64 bits per heavy atom. The zero-order valence-electron chi connectivity index (χ0n) is 7.13. The molecule has 0 aromatic rings. The summed E-state index contributed by atoms with van der Waals surface area (Å²) in [6.45, 7) is 2.31. The fourth-order valence-electron chi connectivity index (χ4n) is 0.697. The summed E-state index contributed by atoms with van der Waals surface area (Å²) in [7, 11) is 1.59. The molecule has 0 aliphatic rings. The summed E-state index contributed by atoms with van der Waals surface area (Å²) in [5.74, 6) is 0.688. The second-order valence-corrected chi connectivity index (χ2v) is 2.18. The molecular formula is C8H14N2O. The highest BCUT2D eigenvalue weighted by Crippen LogP contribution is 1.97. The zero-order chi connectivity index (χ0) is 8.53. The summed E-state index contributed by atoms with van der Waals surface area (Å²) in [6.07, 6.45) is 3.03. The lowest BCUT2D eigenvalue weighted by molar-refractivity contribution is 0.386. The highest BCUT2D eigenvalue weighted by atomic mass is 16.5. The summed E-state index contributed by atoms with van der Waals surface area (Å²) >= 11 is 0. The average Bonchev–Trinajstić information content (AvgIpc) is 2.05. The third-order valence-corrected chi connectivity index (χ3v) is 1.31. The molecule has 0 unspecified atom stereocenters. The monoisotopic (exact) mass is 154 g/mol. The molecule has 0 atom stereocenters. The van der Waals surface area contributed by atoms with Crippen LogP contribution in [0.3, 0.4) is 0 Å². The van der Waals surface area contributed by atoms with E-state index in [0.717, 1.165) is 19.3 Å². The molecule has 0 bridgehead atoms. The molecule has 0 heterocycles. The number of hydrogen-bond acceptors (Lipinski definition) is 3. The number of aliphatic imine (C=N–C) groups is 1. The number of hydrogen-bond donors (Lipinski definition) is 0. The van der Waals surface area contributed by atoms with Crippen LogP contribution in [0.15, 0.2) is 4.99 Å². The van der Waals surface area contributed by atoms with Crippen LogP contribution >= 0.6 is 0 Å². The molecule has 0 aromatic heterocycles. The second-order valence-electron chi connectivity index (χ2n) is 2.18. The van der Waals surface area contributed by atoms with Crippen LogP contribution in [-0.2, 0) is 4.74 Å². The molecule has 0 amide bonds. The molecule has 0 aromatic carbocycles. The molecule has 0 aliphatic carbocycles. The van der Waals surface area contributed by atoms with E-state index in [1.807, 2.05) is 6.07 Å². The van der Waals surface area contributed by atoms with E-state index in [1.165, 1.54) is 0 Å². The molecule has 0 fully saturated rings. The Kier molecular flexibility index (Phi) is 6.40. The third-order valence-electron chi connectivity index (χ3n) is 1.31. The minimum absolute atomic E-state index is 0.201. The van der Waals surface area contributed by atoms with Crippen LogP contribution in [0.2, 0.25) is 0 Å². The van der Waals surface area contributed by atoms with Gasteiger partial charge in [-0.15, -0.1) is 0 Å². The number of unbranched alkanes of at least 4 members (excludes halogenated alkanes) is 1. The highest BCUT2D eigenvalue weighted by Gasteiger charge is 1.95. The fraction of sp³-hybridized carbons (Fsp3) is 0.750. The standard InChI is InChI=1S/C8H14N2O/c1-3-4-5-8(11-2)10-7-6-9/h3-5,7H2,1-2H3. The quantitative estimate of drug-likeness (QED) is 0.352. The van der Waals surface area contributed by atoms with Gasteiger partial charge in [0.05, 0.1) is 13.2 Å². The summed E-state index contributed by atoms with van der Waals surface area (Å²) in [4.78, 5) is 3.93. The number of nitrogens with zero attached hydrogens (tertiary/aromatic N) is 2. The Bertz CT molecular complexity index is 158. The van der Waals surface area contributed by atoms with Crippen LogP contribution in [0.1, 0.15) is 26.2 Å². The lowest BCUT2D eigenvalue weighted by atomic mass is 10.2. The normalized spacial score (nSPS) is 10.8. The van der Waals surface area contributed by atoms with Crippen molar-refractivity contribution in [2.24, 2.45) is 4.99 Å². The molecule has 0 saturated heterocycles. The van der Waals surface area contributed by atoms with E-state index in [0.29, 0.717) is 5.90 Å². The average molecular weight is 154 g/mol. The summed E-state index contributed by atoms with van der Waals surface area (Å²) in [5.41, 5.74) is 0. The van der Waals surface area contributed by atoms with E-state index in [2.05, 4.69) is 11.9 Å². The van der Waals surface area contributed by atoms with Crippen molar-refractivity contribution in [3.8, 4) is 6.07 Å². The smallest absolute Gasteiger partial charge is 0.183 e. The van der Waals surface area contributed by atoms with E-state index in [1.54, 1.807) is 7.11 Å². The second kappa shape index (κ2) is 7.07. The molecule has 11 heavy (non-hydrogen) atoms. The lowest BCUT2D eigenvalue weighted by Crippen LogP contribution is -2.01. The van der Waals surface area contributed by atoms with Crippen molar-refractivity contribution in [2.45, 2.75) is 26.2 Å². The number of methoxy groups -OCH3 is 1. The van der Waals surface area contributed by atoms with Crippen molar-refractivity contribution in [2.75, 3.05) is 13.7 Å². The Labute approximate surface area is 67.7 Å². The molecule has 62 valence electrons. The van der Waals surface area contributed by atoms with Gasteiger partial charge in [-0.05, 0) is 6.42 Å². The summed E-state index contributed by atoms with van der Waals surface area (Å²) in [5, 5.41) is 8.22. The van der Waals surface area contributed by atoms with Crippen LogP contribution < -0.4 is 0 Å². The van der Waals surface area contributed by atoms with Gasteiger partial charge in [0.1, 0.15) is 6.54 Å². The third kappa shape index (κ3) is 5.41. The first-order valence-electron chi connectivity index (χ1n) is 3.79. The van der Waals surface area contributed by atoms with Crippen LogP contribution in [0.25, 0.3) is 0 Å². The topological polar surface area (TPSA) is 45.4 Å². The largest absolute Gasteiger partial charge is 0.484 e. The number of rotatable bonds is 4. The first-order valence-corrected chi connectivity index (χ1v) is 3.79. The predicted molar refractivity (Wildman–Crippen MR) is 44.4 cm³/mol. The van der Waals surface area contributed by atoms with Gasteiger partial charge >= 0.3 is 0 Å². The van der Waals surface area contributed by atoms with Crippen molar-refractivity contribution in [3.05, 3.63) is 0 Å². The molecule has 0 N–H and O–H groups in total. The van der Waals surface area contributed by atoms with Gasteiger partial charge in [0.25, 0.3) is 0 Å². The van der Waals surface area contributed by atoms with Crippen molar-refractivity contribution >= 4 is 5.90 Å². The minimum Gasteiger partial charge on any atom is -0.484 e. The first-order chi connectivity index (χ1) is 5.35. The molecular weight excluding hydrogens is 140 g/mol. The Hall–Kier alpha value is -1.04. The van der Waals surface area contributed by atoms with E-state index in [4.69, 9.17) is 10.00 Å². The highest BCUT2D eigenvalue weighted by molar-refractivity contribution is 5.75. The van der Waals surface area contributed by atoms with Crippen LogP contribution in [-0.4, -0.2) is 19.6 Å². The molecule has 0 spiro atoms. The molecule has 0 aliphatic heterocycles. The molecule has 0 saturated carbocycles.